The molecular weight excluding hydrogens is 206 g/mol. The molecule has 1 aromatic rings. The normalized spacial score (nSPS) is 10.1. The highest BCUT2D eigenvalue weighted by atomic mass is 19.2. The number of anilines is 2. The zero-order valence-corrected chi connectivity index (χ0v) is 8.00. The summed E-state index contributed by atoms with van der Waals surface area (Å²) in [4.78, 5) is 11.4. The van der Waals surface area contributed by atoms with E-state index in [2.05, 4.69) is 0 Å². The van der Waals surface area contributed by atoms with Crippen LogP contribution in [-0.4, -0.2) is 24.7 Å². The molecule has 0 heterocycles. The number of likely N-dealkylation sites (N-methyl/N-ethyl adjacent to an activating group) is 1. The summed E-state index contributed by atoms with van der Waals surface area (Å²) in [6.07, 6.45) is 0. The average molecular weight is 216 g/mol. The highest BCUT2D eigenvalue weighted by Crippen LogP contribution is 2.27. The topological polar surface area (TPSA) is 66.6 Å². The molecule has 3 N–H and O–H groups in total. The largest absolute Gasteiger partial charge is 0.480 e. The van der Waals surface area contributed by atoms with Crippen molar-refractivity contribution in [1.82, 2.24) is 0 Å². The minimum Gasteiger partial charge on any atom is -0.480 e. The maximum absolute atomic E-state index is 13.3. The second-order valence-electron chi connectivity index (χ2n) is 3.05. The van der Waals surface area contributed by atoms with E-state index in [1.165, 1.54) is 13.1 Å². The van der Waals surface area contributed by atoms with Gasteiger partial charge in [0.15, 0.2) is 11.6 Å². The Morgan fingerprint density at radius 3 is 2.67 bits per heavy atom. The van der Waals surface area contributed by atoms with Crippen LogP contribution in [0.2, 0.25) is 0 Å². The Kier molecular flexibility index (Phi) is 3.08. The van der Waals surface area contributed by atoms with Crippen molar-refractivity contribution in [2.24, 2.45) is 0 Å². The van der Waals surface area contributed by atoms with Gasteiger partial charge in [0.25, 0.3) is 0 Å². The lowest BCUT2D eigenvalue weighted by Crippen LogP contribution is -2.27. The van der Waals surface area contributed by atoms with Crippen LogP contribution < -0.4 is 10.6 Å². The minimum atomic E-state index is -1.15. The number of hydrogen-bond donors (Lipinski definition) is 2. The molecule has 82 valence electrons. The van der Waals surface area contributed by atoms with Gasteiger partial charge in [0.05, 0.1) is 11.4 Å². The minimum absolute atomic E-state index is 0.00218. The van der Waals surface area contributed by atoms with Gasteiger partial charge in [0.1, 0.15) is 6.54 Å². The van der Waals surface area contributed by atoms with Crippen molar-refractivity contribution in [3.05, 3.63) is 23.8 Å². The lowest BCUT2D eigenvalue weighted by Gasteiger charge is -2.19. The molecule has 0 spiro atoms. The summed E-state index contributed by atoms with van der Waals surface area (Å²) >= 11 is 0. The number of nitrogen functional groups attached to an aromatic ring is 1. The lowest BCUT2D eigenvalue weighted by molar-refractivity contribution is -0.135. The molecule has 6 heteroatoms. The molecule has 1 aromatic carbocycles. The van der Waals surface area contributed by atoms with Gasteiger partial charge in [-0.2, -0.15) is 0 Å². The molecule has 0 bridgehead atoms. The fraction of sp³-hybridized carbons (Fsp3) is 0.222. The van der Waals surface area contributed by atoms with Crippen LogP contribution in [0.25, 0.3) is 0 Å². The Bertz CT molecular complexity index is 396. The van der Waals surface area contributed by atoms with Gasteiger partial charge in [-0.05, 0) is 12.1 Å². The van der Waals surface area contributed by atoms with E-state index in [4.69, 9.17) is 10.8 Å². The monoisotopic (exact) mass is 216 g/mol. The van der Waals surface area contributed by atoms with Crippen molar-refractivity contribution >= 4 is 17.3 Å². The molecule has 0 aromatic heterocycles. The zero-order chi connectivity index (χ0) is 11.6. The average Bonchev–Trinajstić information content (AvgIpc) is 2.11. The lowest BCUT2D eigenvalue weighted by atomic mass is 10.2. The van der Waals surface area contributed by atoms with E-state index < -0.39 is 24.1 Å². The Hall–Kier alpha value is -1.85. The van der Waals surface area contributed by atoms with Crippen LogP contribution in [0.3, 0.4) is 0 Å². The summed E-state index contributed by atoms with van der Waals surface area (Å²) in [6, 6.07) is 2.08. The SMILES string of the molecule is CN(CC(=O)O)c1c(N)ccc(F)c1F. The summed E-state index contributed by atoms with van der Waals surface area (Å²) in [5, 5.41) is 8.50. The number of hydrogen-bond acceptors (Lipinski definition) is 3. The van der Waals surface area contributed by atoms with E-state index in [1.807, 2.05) is 0 Å². The number of carbonyl (C=O) groups is 1. The Labute approximate surface area is 84.9 Å². The second kappa shape index (κ2) is 4.12. The molecule has 0 aliphatic carbocycles. The molecule has 0 fully saturated rings. The van der Waals surface area contributed by atoms with Gasteiger partial charge in [-0.15, -0.1) is 0 Å². The maximum Gasteiger partial charge on any atom is 0.323 e. The molecule has 0 saturated carbocycles. The molecule has 4 nitrogen and oxygen atoms in total. The summed E-state index contributed by atoms with van der Waals surface area (Å²) in [7, 11) is 1.32. The third-order valence-corrected chi connectivity index (χ3v) is 1.85. The molecule has 15 heavy (non-hydrogen) atoms. The van der Waals surface area contributed by atoms with E-state index in [0.717, 1.165) is 11.0 Å². The molecule has 0 unspecified atom stereocenters. The maximum atomic E-state index is 13.3. The van der Waals surface area contributed by atoms with Crippen molar-refractivity contribution in [3.8, 4) is 0 Å². The molecule has 0 aliphatic heterocycles. The third kappa shape index (κ3) is 2.34. The summed E-state index contributed by atoms with van der Waals surface area (Å²) in [5.41, 5.74) is 5.18. The third-order valence-electron chi connectivity index (χ3n) is 1.85. The first-order valence-electron chi connectivity index (χ1n) is 4.10. The Morgan fingerprint density at radius 1 is 1.53 bits per heavy atom. The van der Waals surface area contributed by atoms with Crippen LogP contribution >= 0.6 is 0 Å². The first-order chi connectivity index (χ1) is 6.93. The van der Waals surface area contributed by atoms with Crippen LogP contribution in [0.1, 0.15) is 0 Å². The van der Waals surface area contributed by atoms with Crippen LogP contribution in [0, 0.1) is 11.6 Å². The number of carboxylic acid groups (broad SMARTS) is 1. The number of halogens is 2. The predicted octanol–water partition coefficient (Wildman–Crippen LogP) is 1.07. The zero-order valence-electron chi connectivity index (χ0n) is 8.00. The predicted molar refractivity (Wildman–Crippen MR) is 51.7 cm³/mol. The summed E-state index contributed by atoms with van der Waals surface area (Å²) < 4.78 is 26.1. The van der Waals surface area contributed by atoms with Crippen molar-refractivity contribution in [1.29, 1.82) is 0 Å². The van der Waals surface area contributed by atoms with Gasteiger partial charge in [0.2, 0.25) is 0 Å². The molecule has 0 atom stereocenters. The number of benzene rings is 1. The number of nitrogens with two attached hydrogens (primary N) is 1. The number of carboxylic acids is 1. The number of nitrogens with zero attached hydrogens (tertiary/aromatic N) is 1. The summed E-state index contributed by atoms with van der Waals surface area (Å²) in [6.45, 7) is -0.454. The first-order valence-corrected chi connectivity index (χ1v) is 4.10. The van der Waals surface area contributed by atoms with Crippen LogP contribution in [0.4, 0.5) is 20.2 Å². The standard InChI is InChI=1S/C9H10F2N2O2/c1-13(4-7(14)15)9-6(12)3-2-5(10)8(9)11/h2-3H,4,12H2,1H3,(H,14,15). The van der Waals surface area contributed by atoms with Crippen molar-refractivity contribution in [2.45, 2.75) is 0 Å². The van der Waals surface area contributed by atoms with Gasteiger partial charge < -0.3 is 15.7 Å². The van der Waals surface area contributed by atoms with E-state index >= 15 is 0 Å². The summed E-state index contributed by atoms with van der Waals surface area (Å²) in [5.74, 6) is -3.35. The Morgan fingerprint density at radius 2 is 2.13 bits per heavy atom. The van der Waals surface area contributed by atoms with Gasteiger partial charge in [-0.1, -0.05) is 0 Å². The van der Waals surface area contributed by atoms with E-state index in [1.54, 1.807) is 0 Å². The fourth-order valence-corrected chi connectivity index (χ4v) is 1.22. The molecule has 0 radical (unpaired) electrons. The first kappa shape index (κ1) is 11.2. The van der Waals surface area contributed by atoms with Crippen molar-refractivity contribution in [2.75, 3.05) is 24.2 Å². The molecule has 1 rings (SSSR count). The van der Waals surface area contributed by atoms with Gasteiger partial charge in [-0.25, -0.2) is 8.78 Å². The second-order valence-corrected chi connectivity index (χ2v) is 3.05. The molecular formula is C9H10F2N2O2. The van der Waals surface area contributed by atoms with E-state index in [0.29, 0.717) is 0 Å². The van der Waals surface area contributed by atoms with Crippen LogP contribution in [-0.2, 0) is 4.79 Å². The smallest absolute Gasteiger partial charge is 0.323 e. The quantitative estimate of drug-likeness (QED) is 0.741. The number of rotatable bonds is 3. The van der Waals surface area contributed by atoms with Crippen molar-refractivity contribution in [3.63, 3.8) is 0 Å². The highest BCUT2D eigenvalue weighted by molar-refractivity contribution is 5.77. The fourth-order valence-electron chi connectivity index (χ4n) is 1.22. The molecule has 0 amide bonds. The Balaban J connectivity index is 3.12. The van der Waals surface area contributed by atoms with Gasteiger partial charge in [-0.3, -0.25) is 4.79 Å². The highest BCUT2D eigenvalue weighted by Gasteiger charge is 2.17. The van der Waals surface area contributed by atoms with Crippen LogP contribution in [0.5, 0.6) is 0 Å². The number of aliphatic carboxylic acids is 1. The van der Waals surface area contributed by atoms with Crippen LogP contribution in [0.15, 0.2) is 12.1 Å². The van der Waals surface area contributed by atoms with E-state index in [-0.39, 0.29) is 11.4 Å². The molecule has 0 saturated heterocycles. The van der Waals surface area contributed by atoms with Crippen molar-refractivity contribution < 1.29 is 18.7 Å². The molecule has 0 aliphatic rings. The van der Waals surface area contributed by atoms with Gasteiger partial charge in [0, 0.05) is 7.05 Å². The van der Waals surface area contributed by atoms with Gasteiger partial charge >= 0.3 is 5.97 Å². The van der Waals surface area contributed by atoms with E-state index in [9.17, 15) is 13.6 Å².